The normalized spacial score (nSPS) is 14.4. The van der Waals surface area contributed by atoms with Crippen molar-refractivity contribution in [1.29, 1.82) is 0 Å². The van der Waals surface area contributed by atoms with E-state index < -0.39 is 11.2 Å². The number of carbonyl (C=O) groups is 1. The van der Waals surface area contributed by atoms with Gasteiger partial charge in [-0.25, -0.2) is 4.79 Å². The second-order valence-corrected chi connectivity index (χ2v) is 8.52. The zero-order valence-corrected chi connectivity index (χ0v) is 18.5. The number of hydrogen-bond donors (Lipinski definition) is 2. The molecule has 3 aromatic rings. The number of nitrogens with one attached hydrogen (secondary N) is 2. The van der Waals surface area contributed by atoms with E-state index in [-0.39, 0.29) is 18.9 Å². The minimum absolute atomic E-state index is 0.143. The molecule has 7 nitrogen and oxygen atoms in total. The highest BCUT2D eigenvalue weighted by Crippen LogP contribution is 2.26. The monoisotopic (exact) mass is 434 g/mol. The molecule has 0 aliphatic heterocycles. The predicted octanol–water partition coefficient (Wildman–Crippen LogP) is 3.17. The van der Waals surface area contributed by atoms with E-state index in [2.05, 4.69) is 46.5 Å². The molecule has 1 aliphatic rings. The van der Waals surface area contributed by atoms with Crippen molar-refractivity contribution in [2.45, 2.75) is 57.7 Å². The van der Waals surface area contributed by atoms with Gasteiger partial charge in [0, 0.05) is 38.3 Å². The Hall–Kier alpha value is -3.35. The van der Waals surface area contributed by atoms with Gasteiger partial charge in [0.2, 0.25) is 5.91 Å². The molecule has 2 N–H and O–H groups in total. The highest BCUT2D eigenvalue weighted by atomic mass is 16.2. The number of aromatic nitrogens is 2. The molecule has 0 bridgehead atoms. The summed E-state index contributed by atoms with van der Waals surface area (Å²) in [6.07, 6.45) is 6.61. The fraction of sp³-hybridized carbons (Fsp3) is 0.400. The lowest BCUT2D eigenvalue weighted by Gasteiger charge is -2.33. The largest absolute Gasteiger partial charge is 0.372 e. The molecule has 1 saturated carbocycles. The number of nitrogens with zero attached hydrogens (tertiary/aromatic N) is 2. The van der Waals surface area contributed by atoms with Crippen molar-refractivity contribution < 1.29 is 4.79 Å². The summed E-state index contributed by atoms with van der Waals surface area (Å²) in [7, 11) is 2.16. The van der Waals surface area contributed by atoms with Crippen molar-refractivity contribution in [2.24, 2.45) is 0 Å². The van der Waals surface area contributed by atoms with Crippen molar-refractivity contribution in [2.75, 3.05) is 11.9 Å². The Morgan fingerprint density at radius 1 is 1.06 bits per heavy atom. The van der Waals surface area contributed by atoms with Crippen LogP contribution < -0.4 is 21.5 Å². The molecule has 2 aromatic carbocycles. The van der Waals surface area contributed by atoms with Crippen LogP contribution in [-0.2, 0) is 17.9 Å². The molecule has 1 aromatic heterocycles. The number of aryl methyl sites for hydroxylation is 1. The number of para-hydroxylation sites is 1. The van der Waals surface area contributed by atoms with Gasteiger partial charge in [-0.2, -0.15) is 0 Å². The number of fused-ring (bicyclic) bond motifs is 1. The summed E-state index contributed by atoms with van der Waals surface area (Å²) in [5.74, 6) is -0.143. The Morgan fingerprint density at radius 3 is 2.53 bits per heavy atom. The first-order valence-corrected chi connectivity index (χ1v) is 11.3. The summed E-state index contributed by atoms with van der Waals surface area (Å²) >= 11 is 0. The first-order valence-electron chi connectivity index (χ1n) is 11.3. The van der Waals surface area contributed by atoms with Gasteiger partial charge in [-0.15, -0.1) is 0 Å². The van der Waals surface area contributed by atoms with Crippen molar-refractivity contribution in [3.63, 3.8) is 0 Å². The smallest absolute Gasteiger partial charge is 0.328 e. The molecule has 0 atom stereocenters. The summed E-state index contributed by atoms with van der Waals surface area (Å²) in [6.45, 7) is 0.639. The van der Waals surface area contributed by atoms with E-state index in [4.69, 9.17) is 0 Å². The third-order valence-electron chi connectivity index (χ3n) is 6.42. The fourth-order valence-electron chi connectivity index (χ4n) is 4.49. The molecule has 32 heavy (non-hydrogen) atoms. The molecule has 1 fully saturated rings. The number of H-pyrrole nitrogens is 1. The fourth-order valence-corrected chi connectivity index (χ4v) is 4.49. The average molecular weight is 435 g/mol. The molecule has 7 heteroatoms. The van der Waals surface area contributed by atoms with Gasteiger partial charge in [0.05, 0.1) is 10.9 Å². The average Bonchev–Trinajstić information content (AvgIpc) is 2.83. The van der Waals surface area contributed by atoms with E-state index in [1.165, 1.54) is 42.4 Å². The predicted molar refractivity (Wildman–Crippen MR) is 127 cm³/mol. The lowest BCUT2D eigenvalue weighted by molar-refractivity contribution is -0.121. The first-order chi connectivity index (χ1) is 15.5. The van der Waals surface area contributed by atoms with Crippen LogP contribution in [0.5, 0.6) is 0 Å². The molecule has 1 heterocycles. The summed E-state index contributed by atoms with van der Waals surface area (Å²) in [6, 6.07) is 15.8. The van der Waals surface area contributed by atoms with Crippen LogP contribution in [-0.4, -0.2) is 28.5 Å². The Bertz CT molecular complexity index is 1190. The van der Waals surface area contributed by atoms with Gasteiger partial charge in [0.15, 0.2) is 0 Å². The Morgan fingerprint density at radius 2 is 1.78 bits per heavy atom. The number of rotatable bonds is 7. The molecule has 1 aliphatic carbocycles. The molecule has 1 amide bonds. The van der Waals surface area contributed by atoms with Gasteiger partial charge in [-0.05, 0) is 42.7 Å². The van der Waals surface area contributed by atoms with E-state index in [9.17, 15) is 14.4 Å². The second-order valence-electron chi connectivity index (χ2n) is 8.52. The van der Waals surface area contributed by atoms with E-state index in [0.29, 0.717) is 23.5 Å². The van der Waals surface area contributed by atoms with Crippen molar-refractivity contribution in [3.8, 4) is 0 Å². The van der Waals surface area contributed by atoms with Crippen LogP contribution in [0, 0.1) is 0 Å². The molecular formula is C25H30N4O3. The molecule has 0 unspecified atom stereocenters. The molecule has 0 radical (unpaired) electrons. The zero-order chi connectivity index (χ0) is 22.5. The number of carbonyl (C=O) groups excluding carboxylic acids is 1. The van der Waals surface area contributed by atoms with Gasteiger partial charge in [0.25, 0.3) is 5.56 Å². The van der Waals surface area contributed by atoms with Gasteiger partial charge < -0.3 is 10.2 Å². The zero-order valence-electron chi connectivity index (χ0n) is 18.5. The van der Waals surface area contributed by atoms with Crippen LogP contribution in [0.1, 0.15) is 44.1 Å². The number of aromatic amines is 1. The van der Waals surface area contributed by atoms with Crippen molar-refractivity contribution in [1.82, 2.24) is 14.9 Å². The number of hydrogen-bond acceptors (Lipinski definition) is 4. The molecule has 0 saturated heterocycles. The quantitative estimate of drug-likeness (QED) is 0.598. The third-order valence-corrected chi connectivity index (χ3v) is 6.42. The van der Waals surface area contributed by atoms with E-state index in [1.807, 2.05) is 0 Å². The van der Waals surface area contributed by atoms with E-state index in [1.54, 1.807) is 24.3 Å². The molecule has 0 spiro atoms. The highest BCUT2D eigenvalue weighted by Gasteiger charge is 2.18. The van der Waals surface area contributed by atoms with Crippen molar-refractivity contribution in [3.05, 3.63) is 74.9 Å². The Labute approximate surface area is 187 Å². The third kappa shape index (κ3) is 4.93. The van der Waals surface area contributed by atoms with Crippen LogP contribution in [0.15, 0.2) is 58.1 Å². The van der Waals surface area contributed by atoms with E-state index >= 15 is 0 Å². The standard InChI is InChI=1S/C25H30N4O3/c1-28(19-7-3-2-4-8-19)20-13-11-18(12-14-20)17-26-23(30)15-16-29-22-10-6-5-9-21(22)24(31)27-25(29)32/h5-6,9-14,19H,2-4,7-8,15-17H2,1H3,(H,26,30)(H,27,31,32). The van der Waals surface area contributed by atoms with Gasteiger partial charge in [-0.3, -0.25) is 19.1 Å². The maximum Gasteiger partial charge on any atom is 0.328 e. The molecule has 4 rings (SSSR count). The van der Waals surface area contributed by atoms with Crippen LogP contribution >= 0.6 is 0 Å². The maximum absolute atomic E-state index is 12.4. The second kappa shape index (κ2) is 9.85. The minimum Gasteiger partial charge on any atom is -0.372 e. The maximum atomic E-state index is 12.4. The van der Waals surface area contributed by atoms with E-state index in [0.717, 1.165) is 5.56 Å². The number of amides is 1. The van der Waals surface area contributed by atoms with Gasteiger partial charge in [0.1, 0.15) is 0 Å². The topological polar surface area (TPSA) is 87.2 Å². The first kappa shape index (κ1) is 21.9. The summed E-state index contributed by atoms with van der Waals surface area (Å²) in [5, 5.41) is 3.36. The SMILES string of the molecule is CN(c1ccc(CNC(=O)CCn2c(=O)[nH]c(=O)c3ccccc32)cc1)C1CCCCC1. The van der Waals surface area contributed by atoms with Crippen molar-refractivity contribution >= 4 is 22.5 Å². The van der Waals surface area contributed by atoms with Crippen LogP contribution in [0.25, 0.3) is 10.9 Å². The minimum atomic E-state index is -0.501. The molecular weight excluding hydrogens is 404 g/mol. The Kier molecular flexibility index (Phi) is 6.73. The molecule has 168 valence electrons. The summed E-state index contributed by atoms with van der Waals surface area (Å²) in [4.78, 5) is 41.2. The number of benzene rings is 2. The number of anilines is 1. The highest BCUT2D eigenvalue weighted by molar-refractivity contribution is 5.78. The van der Waals surface area contributed by atoms with Gasteiger partial charge in [-0.1, -0.05) is 43.5 Å². The van der Waals surface area contributed by atoms with Crippen LogP contribution in [0.3, 0.4) is 0 Å². The lowest BCUT2D eigenvalue weighted by Crippen LogP contribution is -2.33. The lowest BCUT2D eigenvalue weighted by atomic mass is 9.94. The van der Waals surface area contributed by atoms with Gasteiger partial charge >= 0.3 is 5.69 Å². The Balaban J connectivity index is 1.32. The summed E-state index contributed by atoms with van der Waals surface area (Å²) < 4.78 is 1.44. The van der Waals surface area contributed by atoms with Crippen LogP contribution in [0.4, 0.5) is 5.69 Å². The van der Waals surface area contributed by atoms with Crippen LogP contribution in [0.2, 0.25) is 0 Å². The summed E-state index contributed by atoms with van der Waals surface area (Å²) in [5.41, 5.74) is 1.86.